The van der Waals surface area contributed by atoms with Gasteiger partial charge in [0.1, 0.15) is 0 Å². The number of hydrogen-bond acceptors (Lipinski definition) is 1. The van der Waals surface area contributed by atoms with Gasteiger partial charge in [0.2, 0.25) is 0 Å². The number of nitrogens with one attached hydrogen (secondary N) is 1. The normalized spacial score (nSPS) is 3.60. The van der Waals surface area contributed by atoms with Crippen molar-refractivity contribution in [1.82, 2.24) is 5.32 Å². The zero-order chi connectivity index (χ0) is 2.71. The van der Waals surface area contributed by atoms with E-state index in [-0.39, 0.29) is 38.0 Å². The van der Waals surface area contributed by atoms with E-state index in [0.717, 1.165) is 0 Å². The molecule has 0 radical (unpaired) electrons. The first-order chi connectivity index (χ1) is 1.41. The molecule has 1 N–H and O–H groups in total. The van der Waals surface area contributed by atoms with Crippen molar-refractivity contribution in [2.24, 2.45) is 0 Å². The second-order valence-electron chi connectivity index (χ2n) is 0.500. The summed E-state index contributed by atoms with van der Waals surface area (Å²) in [5.41, 5.74) is 0. The van der Waals surface area contributed by atoms with Crippen LogP contribution in [0.2, 0.25) is 0 Å². The van der Waals surface area contributed by atoms with E-state index < -0.39 is 0 Å². The van der Waals surface area contributed by atoms with Crippen LogP contribution in [0.5, 0.6) is 0 Å². The van der Waals surface area contributed by atoms with E-state index in [9.17, 15) is 0 Å². The minimum absolute atomic E-state index is 0. The Morgan fingerprint density at radius 3 is 1.20 bits per heavy atom. The second kappa shape index (κ2) is 19.9. The summed E-state index contributed by atoms with van der Waals surface area (Å²) in [6.07, 6.45) is 0. The summed E-state index contributed by atoms with van der Waals surface area (Å²) in [5.74, 6) is 0. The van der Waals surface area contributed by atoms with Gasteiger partial charge in [0.25, 0.3) is 0 Å². The molecule has 28 valence electrons. The average molecular weight is 82.9 g/mol. The molecule has 0 spiro atoms. The molecule has 0 rings (SSSR count). The van der Waals surface area contributed by atoms with Gasteiger partial charge in [-0.25, -0.2) is 0 Å². The van der Waals surface area contributed by atoms with Gasteiger partial charge in [-0.2, -0.15) is 0 Å². The number of rotatable bonds is 0. The molecule has 0 saturated heterocycles. The third-order valence-electron chi connectivity index (χ3n) is 0. The van der Waals surface area contributed by atoms with Crippen molar-refractivity contribution in [2.75, 3.05) is 14.1 Å². The Hall–Kier alpha value is 1.02. The molecule has 0 heterocycles. The topological polar surface area (TPSA) is 12.0 Å². The van der Waals surface area contributed by atoms with Crippen LogP contribution in [-0.2, 0) is 0 Å². The molecule has 0 aliphatic heterocycles. The van der Waals surface area contributed by atoms with Gasteiger partial charge in [0.05, 0.1) is 8.41 Å². The Bertz CT molecular complexity index is 9.61. The Balaban J connectivity index is -0.0000000200. The fraction of sp³-hybridized carbons (Fsp3) is 1.00. The molecule has 0 amide bonds. The monoisotopic (exact) mass is 83.1 g/mol. The first-order valence-corrected chi connectivity index (χ1v) is 1.00. The number of hydrogen-bond donors (Lipinski definition) is 1. The maximum atomic E-state index is 2.75. The molecule has 0 aliphatic carbocycles. The van der Waals surface area contributed by atoms with Crippen LogP contribution in [0, 0.1) is 0 Å². The summed E-state index contributed by atoms with van der Waals surface area (Å²) in [4.78, 5) is 0. The van der Waals surface area contributed by atoms with Gasteiger partial charge in [-0.1, -0.05) is 0 Å². The molecule has 0 aliphatic rings. The molecular formula is C2H11BNNa. The van der Waals surface area contributed by atoms with Gasteiger partial charge in [-0.05, 0) is 14.1 Å². The van der Waals surface area contributed by atoms with Gasteiger partial charge < -0.3 is 5.32 Å². The van der Waals surface area contributed by atoms with Crippen molar-refractivity contribution < 1.29 is 0 Å². The van der Waals surface area contributed by atoms with Gasteiger partial charge in [0, 0.05) is 0 Å². The minimum atomic E-state index is 0. The molecule has 0 atom stereocenters. The fourth-order valence-corrected chi connectivity index (χ4v) is 0. The Labute approximate surface area is 57.4 Å². The first-order valence-electron chi connectivity index (χ1n) is 1.00. The predicted molar refractivity (Wildman–Crippen MR) is 32.1 cm³/mol. The van der Waals surface area contributed by atoms with Gasteiger partial charge in [-0.3, -0.25) is 0 Å². The fourth-order valence-electron chi connectivity index (χ4n) is 0. The molecule has 0 aromatic heterocycles. The Kier molecular flexibility index (Phi) is 66.0. The van der Waals surface area contributed by atoms with Crippen LogP contribution in [0.25, 0.3) is 0 Å². The van der Waals surface area contributed by atoms with E-state index in [4.69, 9.17) is 0 Å². The predicted octanol–water partition coefficient (Wildman–Crippen LogP) is -2.00. The summed E-state index contributed by atoms with van der Waals surface area (Å²) < 4.78 is 0. The van der Waals surface area contributed by atoms with Crippen LogP contribution in [-0.4, -0.2) is 52.1 Å². The standard InChI is InChI=1S/C2H7N.BH3.Na.H/c1-3-2;;;/h3H,1-2H3;1H3;;. The molecule has 0 aromatic carbocycles. The van der Waals surface area contributed by atoms with Crippen molar-refractivity contribution in [3.8, 4) is 0 Å². The third kappa shape index (κ3) is 43.8. The van der Waals surface area contributed by atoms with E-state index in [1.807, 2.05) is 14.1 Å². The summed E-state index contributed by atoms with van der Waals surface area (Å²) in [6, 6.07) is 0. The molecule has 0 saturated carbocycles. The molecule has 0 bridgehead atoms. The van der Waals surface area contributed by atoms with E-state index in [1.165, 1.54) is 0 Å². The van der Waals surface area contributed by atoms with E-state index in [2.05, 4.69) is 5.32 Å². The zero-order valence-electron chi connectivity index (χ0n) is 2.50. The van der Waals surface area contributed by atoms with Crippen LogP contribution < -0.4 is 5.32 Å². The van der Waals surface area contributed by atoms with Gasteiger partial charge in [0.15, 0.2) is 0 Å². The summed E-state index contributed by atoms with van der Waals surface area (Å²) >= 11 is 0. The third-order valence-corrected chi connectivity index (χ3v) is 0. The van der Waals surface area contributed by atoms with Crippen molar-refractivity contribution in [3.63, 3.8) is 0 Å². The van der Waals surface area contributed by atoms with Crippen molar-refractivity contribution in [1.29, 1.82) is 0 Å². The molecule has 0 fully saturated rings. The Morgan fingerprint density at radius 1 is 1.20 bits per heavy atom. The molecule has 0 aromatic rings. The second-order valence-corrected chi connectivity index (χ2v) is 0.500. The van der Waals surface area contributed by atoms with Crippen LogP contribution in [0.1, 0.15) is 0 Å². The van der Waals surface area contributed by atoms with Crippen LogP contribution in [0.4, 0.5) is 0 Å². The molecule has 5 heavy (non-hydrogen) atoms. The Morgan fingerprint density at radius 2 is 1.20 bits per heavy atom. The van der Waals surface area contributed by atoms with Gasteiger partial charge >= 0.3 is 29.6 Å². The average Bonchev–Trinajstić information content (AvgIpc) is 0.918. The van der Waals surface area contributed by atoms with Gasteiger partial charge in [-0.15, -0.1) is 0 Å². The van der Waals surface area contributed by atoms with E-state index >= 15 is 0 Å². The molecule has 1 nitrogen and oxygen atoms in total. The molecular weight excluding hydrogens is 71.8 g/mol. The van der Waals surface area contributed by atoms with Crippen molar-refractivity contribution in [3.05, 3.63) is 0 Å². The summed E-state index contributed by atoms with van der Waals surface area (Å²) in [6.45, 7) is 0. The molecule has 0 unspecified atom stereocenters. The maximum absolute atomic E-state index is 2.75. The first kappa shape index (κ1) is 16.6. The van der Waals surface area contributed by atoms with Crippen LogP contribution in [0.3, 0.4) is 0 Å². The molecule has 3 heteroatoms. The van der Waals surface area contributed by atoms with E-state index in [0.29, 0.717) is 0 Å². The summed E-state index contributed by atoms with van der Waals surface area (Å²) in [7, 11) is 3.75. The van der Waals surface area contributed by atoms with Crippen LogP contribution >= 0.6 is 0 Å². The van der Waals surface area contributed by atoms with Crippen molar-refractivity contribution in [2.45, 2.75) is 0 Å². The van der Waals surface area contributed by atoms with Crippen molar-refractivity contribution >= 4 is 38.0 Å². The zero-order valence-corrected chi connectivity index (χ0v) is 2.50. The van der Waals surface area contributed by atoms with Crippen LogP contribution in [0.15, 0.2) is 0 Å². The van der Waals surface area contributed by atoms with E-state index in [1.54, 1.807) is 0 Å². The SMILES string of the molecule is B.CNC.[NaH]. The summed E-state index contributed by atoms with van der Waals surface area (Å²) in [5, 5.41) is 2.75. The quantitative estimate of drug-likeness (QED) is 0.334.